The van der Waals surface area contributed by atoms with Crippen LogP contribution >= 0.6 is 0 Å². The standard InChI is InChI=1S/C29H35N3O3/c33-27(17-21-9-3-1-4-10-21)32-15-8-2-7-14-30-28(34)25-18-24(19-26(25)32)29(35)31-16-13-22-11-5-6-12-23(22)20-31/h1,3-6,9-12,24-26H,2,7-8,13-20H2,(H,30,34). The summed E-state index contributed by atoms with van der Waals surface area (Å²) in [6.45, 7) is 2.66. The molecule has 3 unspecified atom stereocenters. The number of amides is 3. The second-order valence-electron chi connectivity index (χ2n) is 10.2. The van der Waals surface area contributed by atoms with E-state index in [1.165, 1.54) is 11.1 Å². The minimum atomic E-state index is -0.334. The third-order valence-electron chi connectivity index (χ3n) is 7.95. The van der Waals surface area contributed by atoms with Crippen LogP contribution in [0.3, 0.4) is 0 Å². The summed E-state index contributed by atoms with van der Waals surface area (Å²) >= 11 is 0. The van der Waals surface area contributed by atoms with Gasteiger partial charge < -0.3 is 15.1 Å². The van der Waals surface area contributed by atoms with Crippen molar-refractivity contribution in [1.82, 2.24) is 15.1 Å². The maximum Gasteiger partial charge on any atom is 0.227 e. The Kier molecular flexibility index (Phi) is 7.16. The molecule has 1 saturated carbocycles. The zero-order valence-corrected chi connectivity index (χ0v) is 20.3. The van der Waals surface area contributed by atoms with Crippen LogP contribution in [0.5, 0.6) is 0 Å². The average molecular weight is 474 g/mol. The molecule has 2 aliphatic heterocycles. The van der Waals surface area contributed by atoms with Gasteiger partial charge in [0.2, 0.25) is 17.7 Å². The SMILES string of the molecule is O=C1NCCCCCN(C(=O)Cc2ccccc2)C2CC(C(=O)N3CCc4ccccc4C3)CC12. The summed E-state index contributed by atoms with van der Waals surface area (Å²) in [5.41, 5.74) is 3.50. The van der Waals surface area contributed by atoms with Gasteiger partial charge in [-0.3, -0.25) is 14.4 Å². The number of hydrogen-bond donors (Lipinski definition) is 1. The number of nitrogens with zero attached hydrogens (tertiary/aromatic N) is 2. The Morgan fingerprint density at radius 3 is 2.49 bits per heavy atom. The predicted molar refractivity (Wildman–Crippen MR) is 134 cm³/mol. The molecule has 0 radical (unpaired) electrons. The van der Waals surface area contributed by atoms with E-state index in [1.807, 2.05) is 46.2 Å². The first-order chi connectivity index (χ1) is 17.1. The molecule has 6 heteroatoms. The zero-order chi connectivity index (χ0) is 24.2. The van der Waals surface area contributed by atoms with Crippen LogP contribution in [-0.4, -0.2) is 53.2 Å². The molecule has 0 aromatic heterocycles. The Labute approximate surface area is 207 Å². The van der Waals surface area contributed by atoms with Crippen LogP contribution in [0.4, 0.5) is 0 Å². The summed E-state index contributed by atoms with van der Waals surface area (Å²) in [5, 5.41) is 3.08. The lowest BCUT2D eigenvalue weighted by molar-refractivity contribution is -0.138. The fraction of sp³-hybridized carbons (Fsp3) is 0.483. The van der Waals surface area contributed by atoms with Crippen molar-refractivity contribution in [1.29, 1.82) is 0 Å². The molecule has 35 heavy (non-hydrogen) atoms. The van der Waals surface area contributed by atoms with Gasteiger partial charge in [0.05, 0.1) is 12.3 Å². The van der Waals surface area contributed by atoms with Gasteiger partial charge in [0.15, 0.2) is 0 Å². The van der Waals surface area contributed by atoms with Crippen molar-refractivity contribution >= 4 is 17.7 Å². The molecule has 184 valence electrons. The van der Waals surface area contributed by atoms with E-state index < -0.39 is 0 Å². The van der Waals surface area contributed by atoms with E-state index >= 15 is 0 Å². The molecule has 3 atom stereocenters. The Morgan fingerprint density at radius 2 is 1.66 bits per heavy atom. The molecule has 2 heterocycles. The van der Waals surface area contributed by atoms with E-state index in [-0.39, 0.29) is 35.6 Å². The van der Waals surface area contributed by atoms with Crippen LogP contribution in [0.15, 0.2) is 54.6 Å². The van der Waals surface area contributed by atoms with Crippen LogP contribution in [0, 0.1) is 11.8 Å². The Morgan fingerprint density at radius 1 is 0.886 bits per heavy atom. The van der Waals surface area contributed by atoms with Crippen molar-refractivity contribution in [2.45, 2.75) is 57.5 Å². The maximum atomic E-state index is 13.6. The summed E-state index contributed by atoms with van der Waals surface area (Å²) in [7, 11) is 0. The zero-order valence-electron chi connectivity index (χ0n) is 20.3. The van der Waals surface area contributed by atoms with E-state index in [1.54, 1.807) is 0 Å². The highest BCUT2D eigenvalue weighted by Gasteiger charge is 2.46. The molecule has 6 nitrogen and oxygen atoms in total. The summed E-state index contributed by atoms with van der Waals surface area (Å²) in [5.74, 6) is -0.383. The third-order valence-corrected chi connectivity index (χ3v) is 7.95. The number of carbonyl (C=O) groups excluding carboxylic acids is 3. The number of fused-ring (bicyclic) bond motifs is 2. The van der Waals surface area contributed by atoms with E-state index in [0.29, 0.717) is 45.4 Å². The molecule has 0 spiro atoms. The molecule has 1 aliphatic carbocycles. The predicted octanol–water partition coefficient (Wildman–Crippen LogP) is 3.34. The molecular formula is C29H35N3O3. The Hall–Kier alpha value is -3.15. The minimum Gasteiger partial charge on any atom is -0.356 e. The fourth-order valence-corrected chi connectivity index (χ4v) is 6.06. The maximum absolute atomic E-state index is 13.6. The summed E-state index contributed by atoms with van der Waals surface area (Å²) in [6.07, 6.45) is 5.08. The summed E-state index contributed by atoms with van der Waals surface area (Å²) in [4.78, 5) is 44.2. The van der Waals surface area contributed by atoms with E-state index in [2.05, 4.69) is 23.5 Å². The molecule has 2 aromatic rings. The number of nitrogens with one attached hydrogen (secondary N) is 1. The van der Waals surface area contributed by atoms with Gasteiger partial charge in [-0.15, -0.1) is 0 Å². The summed E-state index contributed by atoms with van der Waals surface area (Å²) < 4.78 is 0. The van der Waals surface area contributed by atoms with Crippen molar-refractivity contribution in [3.63, 3.8) is 0 Å². The van der Waals surface area contributed by atoms with Gasteiger partial charge >= 0.3 is 0 Å². The smallest absolute Gasteiger partial charge is 0.227 e. The molecule has 3 aliphatic rings. The van der Waals surface area contributed by atoms with Crippen molar-refractivity contribution < 1.29 is 14.4 Å². The first kappa shape index (κ1) is 23.6. The Bertz CT molecular complexity index is 1070. The monoisotopic (exact) mass is 473 g/mol. The molecule has 3 amide bonds. The molecule has 2 aromatic carbocycles. The third kappa shape index (κ3) is 5.26. The van der Waals surface area contributed by atoms with E-state index in [4.69, 9.17) is 0 Å². The van der Waals surface area contributed by atoms with Crippen molar-refractivity contribution in [2.75, 3.05) is 19.6 Å². The fourth-order valence-electron chi connectivity index (χ4n) is 6.06. The van der Waals surface area contributed by atoms with Crippen LogP contribution in [0.1, 0.15) is 48.8 Å². The second-order valence-corrected chi connectivity index (χ2v) is 10.2. The minimum absolute atomic E-state index is 0.00583. The van der Waals surface area contributed by atoms with Crippen LogP contribution in [-0.2, 0) is 33.8 Å². The lowest BCUT2D eigenvalue weighted by Gasteiger charge is -2.34. The molecule has 2 fully saturated rings. The van der Waals surface area contributed by atoms with Gasteiger partial charge in [0, 0.05) is 38.1 Å². The topological polar surface area (TPSA) is 69.7 Å². The number of rotatable bonds is 3. The lowest BCUT2D eigenvalue weighted by atomic mass is 9.97. The van der Waals surface area contributed by atoms with E-state index in [9.17, 15) is 14.4 Å². The van der Waals surface area contributed by atoms with Gasteiger partial charge in [-0.1, -0.05) is 54.6 Å². The highest BCUT2D eigenvalue weighted by atomic mass is 16.2. The van der Waals surface area contributed by atoms with Crippen molar-refractivity contribution in [3.05, 3.63) is 71.3 Å². The van der Waals surface area contributed by atoms with Crippen LogP contribution < -0.4 is 5.32 Å². The summed E-state index contributed by atoms with van der Waals surface area (Å²) in [6, 6.07) is 17.9. The molecule has 5 rings (SSSR count). The van der Waals surface area contributed by atoms with Gasteiger partial charge in [-0.2, -0.15) is 0 Å². The van der Waals surface area contributed by atoms with Gasteiger partial charge in [-0.25, -0.2) is 0 Å². The highest BCUT2D eigenvalue weighted by Crippen LogP contribution is 2.38. The first-order valence-electron chi connectivity index (χ1n) is 13.1. The number of carbonyl (C=O) groups is 3. The average Bonchev–Trinajstić information content (AvgIpc) is 3.33. The molecule has 1 N–H and O–H groups in total. The lowest BCUT2D eigenvalue weighted by Crippen LogP contribution is -2.48. The second kappa shape index (κ2) is 10.6. The van der Waals surface area contributed by atoms with Crippen molar-refractivity contribution in [3.8, 4) is 0 Å². The van der Waals surface area contributed by atoms with Crippen LogP contribution in [0.2, 0.25) is 0 Å². The van der Waals surface area contributed by atoms with Crippen molar-refractivity contribution in [2.24, 2.45) is 11.8 Å². The molecule has 0 bridgehead atoms. The van der Waals surface area contributed by atoms with Gasteiger partial charge in [-0.05, 0) is 55.2 Å². The normalized spacial score (nSPS) is 24.8. The molecule has 1 saturated heterocycles. The van der Waals surface area contributed by atoms with Crippen LogP contribution in [0.25, 0.3) is 0 Å². The number of benzene rings is 2. The van der Waals surface area contributed by atoms with E-state index in [0.717, 1.165) is 31.2 Å². The molecular weight excluding hydrogens is 438 g/mol. The highest BCUT2D eigenvalue weighted by molar-refractivity contribution is 5.86. The quantitative estimate of drug-likeness (QED) is 0.744. The number of hydrogen-bond acceptors (Lipinski definition) is 3. The first-order valence-corrected chi connectivity index (χ1v) is 13.1. The van der Waals surface area contributed by atoms with Gasteiger partial charge in [0.25, 0.3) is 0 Å². The van der Waals surface area contributed by atoms with Gasteiger partial charge in [0.1, 0.15) is 0 Å². The Balaban J connectivity index is 1.35. The largest absolute Gasteiger partial charge is 0.356 e.